The lowest BCUT2D eigenvalue weighted by atomic mass is 10.1. The summed E-state index contributed by atoms with van der Waals surface area (Å²) < 4.78 is 40.2. The fourth-order valence-corrected chi connectivity index (χ4v) is 2.75. The largest absolute Gasteiger partial charge is 0.586 e. The number of benzene rings is 1. The Balaban J connectivity index is 1.44. The molecule has 0 bridgehead atoms. The first-order valence-electron chi connectivity index (χ1n) is 8.48. The third-order valence-corrected chi connectivity index (χ3v) is 4.03. The molecule has 1 aliphatic rings. The van der Waals surface area contributed by atoms with Crippen LogP contribution in [0.25, 0.3) is 11.3 Å². The van der Waals surface area contributed by atoms with Gasteiger partial charge in [-0.05, 0) is 36.2 Å². The molecule has 144 valence electrons. The van der Waals surface area contributed by atoms with Gasteiger partial charge < -0.3 is 19.5 Å². The Morgan fingerprint density at radius 2 is 1.96 bits per heavy atom. The quantitative estimate of drug-likeness (QED) is 0.694. The third kappa shape index (κ3) is 3.93. The molecular formula is C19H16F2N4O3. The molecule has 2 aromatic heterocycles. The van der Waals surface area contributed by atoms with Gasteiger partial charge in [-0.15, -0.1) is 8.78 Å². The van der Waals surface area contributed by atoms with Crippen molar-refractivity contribution in [1.82, 2.24) is 15.0 Å². The zero-order valence-corrected chi connectivity index (χ0v) is 14.9. The molecule has 1 aromatic carbocycles. The Kier molecular flexibility index (Phi) is 4.64. The normalized spacial score (nSPS) is 14.0. The number of anilines is 1. The standard InChI is InChI=1S/C19H16F2N4O3/c1-26-18-24-14(13-3-2-7-22-11-13)10-17(25-18)23-8-6-12-4-5-15-16(9-12)28-19(20,21)27-15/h2-5,7,9-11H,6,8H2,1H3,(H,23,24,25). The number of hydrogen-bond donors (Lipinski definition) is 1. The van der Waals surface area contributed by atoms with Gasteiger partial charge in [-0.1, -0.05) is 6.07 Å². The maximum atomic E-state index is 13.1. The lowest BCUT2D eigenvalue weighted by molar-refractivity contribution is -0.286. The van der Waals surface area contributed by atoms with E-state index in [1.807, 2.05) is 12.1 Å². The van der Waals surface area contributed by atoms with Gasteiger partial charge >= 0.3 is 12.3 Å². The van der Waals surface area contributed by atoms with E-state index >= 15 is 0 Å². The summed E-state index contributed by atoms with van der Waals surface area (Å²) in [4.78, 5) is 12.7. The maximum absolute atomic E-state index is 13.1. The van der Waals surface area contributed by atoms with Crippen molar-refractivity contribution in [2.75, 3.05) is 19.0 Å². The van der Waals surface area contributed by atoms with Gasteiger partial charge in [0.2, 0.25) is 0 Å². The number of alkyl halides is 2. The highest BCUT2D eigenvalue weighted by atomic mass is 19.3. The molecule has 3 aromatic rings. The van der Waals surface area contributed by atoms with E-state index in [0.29, 0.717) is 24.5 Å². The van der Waals surface area contributed by atoms with Gasteiger partial charge in [0.15, 0.2) is 11.5 Å². The molecule has 0 unspecified atom stereocenters. The summed E-state index contributed by atoms with van der Waals surface area (Å²) in [5.74, 6) is 0.645. The second-order valence-electron chi connectivity index (χ2n) is 5.99. The Morgan fingerprint density at radius 3 is 2.75 bits per heavy atom. The Labute approximate surface area is 159 Å². The van der Waals surface area contributed by atoms with Gasteiger partial charge in [0.1, 0.15) is 5.82 Å². The Morgan fingerprint density at radius 1 is 1.11 bits per heavy atom. The van der Waals surface area contributed by atoms with E-state index in [1.165, 1.54) is 13.2 Å². The third-order valence-electron chi connectivity index (χ3n) is 4.03. The first-order valence-corrected chi connectivity index (χ1v) is 8.48. The molecule has 1 N–H and O–H groups in total. The van der Waals surface area contributed by atoms with E-state index in [9.17, 15) is 8.78 Å². The SMILES string of the molecule is COc1nc(NCCc2ccc3c(c2)OC(F)(F)O3)cc(-c2cccnc2)n1. The van der Waals surface area contributed by atoms with Crippen LogP contribution < -0.4 is 19.5 Å². The maximum Gasteiger partial charge on any atom is 0.586 e. The van der Waals surface area contributed by atoms with Crippen molar-refractivity contribution in [2.45, 2.75) is 12.7 Å². The van der Waals surface area contributed by atoms with Crippen molar-refractivity contribution in [2.24, 2.45) is 0 Å². The average Bonchev–Trinajstić information content (AvgIpc) is 3.01. The molecule has 9 heteroatoms. The fourth-order valence-electron chi connectivity index (χ4n) is 2.75. The zero-order valence-electron chi connectivity index (χ0n) is 14.9. The van der Waals surface area contributed by atoms with Crippen LogP contribution in [-0.2, 0) is 6.42 Å². The first kappa shape index (κ1) is 17.9. The number of nitrogens with zero attached hydrogens (tertiary/aromatic N) is 3. The molecule has 4 rings (SSSR count). The van der Waals surface area contributed by atoms with Crippen molar-refractivity contribution in [3.63, 3.8) is 0 Å². The molecular weight excluding hydrogens is 370 g/mol. The van der Waals surface area contributed by atoms with E-state index in [2.05, 4.69) is 29.7 Å². The summed E-state index contributed by atoms with van der Waals surface area (Å²) in [5, 5.41) is 3.19. The average molecular weight is 386 g/mol. The number of halogens is 2. The summed E-state index contributed by atoms with van der Waals surface area (Å²) in [6.45, 7) is 0.517. The monoisotopic (exact) mass is 386 g/mol. The van der Waals surface area contributed by atoms with E-state index < -0.39 is 6.29 Å². The van der Waals surface area contributed by atoms with Crippen molar-refractivity contribution in [3.05, 3.63) is 54.4 Å². The van der Waals surface area contributed by atoms with Crippen LogP contribution in [0, 0.1) is 0 Å². The zero-order chi connectivity index (χ0) is 19.6. The highest BCUT2D eigenvalue weighted by molar-refractivity contribution is 5.62. The minimum atomic E-state index is -3.61. The van der Waals surface area contributed by atoms with Crippen LogP contribution >= 0.6 is 0 Å². The fraction of sp³-hybridized carbons (Fsp3) is 0.211. The number of methoxy groups -OCH3 is 1. The van der Waals surface area contributed by atoms with E-state index in [1.54, 1.807) is 30.6 Å². The van der Waals surface area contributed by atoms with E-state index in [0.717, 1.165) is 11.1 Å². The molecule has 0 aliphatic carbocycles. The highest BCUT2D eigenvalue weighted by Gasteiger charge is 2.43. The first-order chi connectivity index (χ1) is 13.5. The number of fused-ring (bicyclic) bond motifs is 1. The molecule has 0 radical (unpaired) electrons. The molecule has 28 heavy (non-hydrogen) atoms. The highest BCUT2D eigenvalue weighted by Crippen LogP contribution is 2.41. The number of rotatable bonds is 6. The number of ether oxygens (including phenoxy) is 3. The van der Waals surface area contributed by atoms with Gasteiger partial charge in [-0.2, -0.15) is 9.97 Å². The predicted octanol–water partition coefficient (Wildman–Crippen LogP) is 3.52. The molecule has 0 saturated carbocycles. The molecule has 3 heterocycles. The molecule has 7 nitrogen and oxygen atoms in total. The van der Waals surface area contributed by atoms with Gasteiger partial charge in [-0.3, -0.25) is 4.98 Å². The topological polar surface area (TPSA) is 78.4 Å². The van der Waals surface area contributed by atoms with Gasteiger partial charge in [-0.25, -0.2) is 0 Å². The number of hydrogen-bond acceptors (Lipinski definition) is 7. The molecule has 0 fully saturated rings. The second kappa shape index (κ2) is 7.26. The number of nitrogens with one attached hydrogen (secondary N) is 1. The molecule has 0 saturated heterocycles. The number of aromatic nitrogens is 3. The molecule has 0 atom stereocenters. The van der Waals surface area contributed by atoms with Crippen LogP contribution in [0.5, 0.6) is 17.5 Å². The Hall–Kier alpha value is -3.49. The summed E-state index contributed by atoms with van der Waals surface area (Å²) in [5.41, 5.74) is 2.33. The second-order valence-corrected chi connectivity index (χ2v) is 5.99. The summed E-state index contributed by atoms with van der Waals surface area (Å²) in [6, 6.07) is 10.5. The van der Waals surface area contributed by atoms with Crippen LogP contribution in [0.4, 0.5) is 14.6 Å². The molecule has 0 spiro atoms. The summed E-state index contributed by atoms with van der Waals surface area (Å²) in [6.07, 6.45) is 0.340. The summed E-state index contributed by atoms with van der Waals surface area (Å²) in [7, 11) is 1.49. The molecule has 1 aliphatic heterocycles. The van der Waals surface area contributed by atoms with Crippen LogP contribution in [-0.4, -0.2) is 34.9 Å². The lowest BCUT2D eigenvalue weighted by Crippen LogP contribution is -2.25. The lowest BCUT2D eigenvalue weighted by Gasteiger charge is -2.09. The minimum absolute atomic E-state index is 0.0309. The van der Waals surface area contributed by atoms with E-state index in [-0.39, 0.29) is 17.5 Å². The smallest absolute Gasteiger partial charge is 0.467 e. The van der Waals surface area contributed by atoms with Crippen LogP contribution in [0.2, 0.25) is 0 Å². The van der Waals surface area contributed by atoms with Crippen molar-refractivity contribution in [1.29, 1.82) is 0 Å². The van der Waals surface area contributed by atoms with Crippen LogP contribution in [0.1, 0.15) is 5.56 Å². The van der Waals surface area contributed by atoms with E-state index in [4.69, 9.17) is 4.74 Å². The van der Waals surface area contributed by atoms with Gasteiger partial charge in [0.05, 0.1) is 12.8 Å². The van der Waals surface area contributed by atoms with Crippen molar-refractivity contribution < 1.29 is 23.0 Å². The van der Waals surface area contributed by atoms with Gasteiger partial charge in [0.25, 0.3) is 0 Å². The Bertz CT molecular complexity index is 986. The number of pyridine rings is 1. The van der Waals surface area contributed by atoms with Crippen LogP contribution in [0.15, 0.2) is 48.8 Å². The molecule has 0 amide bonds. The van der Waals surface area contributed by atoms with Gasteiger partial charge in [0, 0.05) is 30.6 Å². The predicted molar refractivity (Wildman–Crippen MR) is 96.7 cm³/mol. The summed E-state index contributed by atoms with van der Waals surface area (Å²) >= 11 is 0. The van der Waals surface area contributed by atoms with Crippen molar-refractivity contribution >= 4 is 5.82 Å². The van der Waals surface area contributed by atoms with Crippen LogP contribution in [0.3, 0.4) is 0 Å². The van der Waals surface area contributed by atoms with Crippen molar-refractivity contribution in [3.8, 4) is 28.8 Å². The minimum Gasteiger partial charge on any atom is -0.467 e.